The van der Waals surface area contributed by atoms with Crippen molar-refractivity contribution in [3.63, 3.8) is 0 Å². The monoisotopic (exact) mass is 270 g/mol. The molecule has 19 heavy (non-hydrogen) atoms. The Bertz CT molecular complexity index is 401. The van der Waals surface area contributed by atoms with Crippen molar-refractivity contribution < 1.29 is 19.8 Å². The molecule has 0 aliphatic carbocycles. The molecule has 0 saturated carbocycles. The van der Waals surface area contributed by atoms with Crippen molar-refractivity contribution in [2.45, 2.75) is 31.3 Å². The van der Waals surface area contributed by atoms with Crippen LogP contribution in [0.25, 0.3) is 0 Å². The molecule has 0 bridgehead atoms. The van der Waals surface area contributed by atoms with Gasteiger partial charge >= 0.3 is 11.9 Å². The highest BCUT2D eigenvalue weighted by Gasteiger charge is 2.20. The number of aromatic nitrogens is 2. The zero-order valence-corrected chi connectivity index (χ0v) is 10.4. The maximum absolute atomic E-state index is 10.3. The molecule has 2 heterocycles. The fourth-order valence-corrected chi connectivity index (χ4v) is 1.62. The van der Waals surface area contributed by atoms with Gasteiger partial charge in [-0.25, -0.2) is 4.98 Å². The second-order valence-corrected chi connectivity index (χ2v) is 4.21. The smallest absolute Gasteiger partial charge is 0.320 e. The second kappa shape index (κ2) is 7.49. The predicted octanol–water partition coefficient (Wildman–Crippen LogP) is -0.813. The largest absolute Gasteiger partial charge is 0.480 e. The molecule has 6 N–H and O–H groups in total. The molecule has 0 amide bonds. The number of nitrogens with zero attached hydrogens (tertiary/aromatic N) is 1. The van der Waals surface area contributed by atoms with Gasteiger partial charge in [0.05, 0.1) is 6.33 Å². The number of aromatic amines is 1. The van der Waals surface area contributed by atoms with E-state index in [1.54, 1.807) is 6.20 Å². The summed E-state index contributed by atoms with van der Waals surface area (Å²) in [5.74, 6) is -1.72. The number of aliphatic carboxylic acids is 2. The highest BCUT2D eigenvalue weighted by Crippen LogP contribution is 2.03. The molecule has 0 unspecified atom stereocenters. The molecule has 1 aliphatic rings. The zero-order valence-electron chi connectivity index (χ0n) is 10.4. The fourth-order valence-electron chi connectivity index (χ4n) is 1.62. The summed E-state index contributed by atoms with van der Waals surface area (Å²) in [6.45, 7) is 0.858. The van der Waals surface area contributed by atoms with Crippen LogP contribution in [-0.2, 0) is 16.0 Å². The van der Waals surface area contributed by atoms with Gasteiger partial charge in [0.1, 0.15) is 12.1 Å². The lowest BCUT2D eigenvalue weighted by Gasteiger charge is -2.02. The lowest BCUT2D eigenvalue weighted by atomic mass is 10.2. The number of carbonyl (C=O) groups is 2. The van der Waals surface area contributed by atoms with Crippen LogP contribution in [0.4, 0.5) is 0 Å². The predicted molar refractivity (Wildman–Crippen MR) is 66.6 cm³/mol. The van der Waals surface area contributed by atoms with Crippen molar-refractivity contribution in [2.75, 3.05) is 6.54 Å². The minimum Gasteiger partial charge on any atom is -0.480 e. The number of rotatable bonds is 4. The van der Waals surface area contributed by atoms with Crippen LogP contribution in [0.5, 0.6) is 0 Å². The maximum Gasteiger partial charge on any atom is 0.320 e. The quantitative estimate of drug-likeness (QED) is 0.481. The van der Waals surface area contributed by atoms with Crippen molar-refractivity contribution in [3.05, 3.63) is 18.2 Å². The number of H-pyrrole nitrogens is 1. The molecule has 8 heteroatoms. The van der Waals surface area contributed by atoms with E-state index in [1.165, 1.54) is 6.33 Å². The average Bonchev–Trinajstić information content (AvgIpc) is 3.02. The molecule has 1 aromatic rings. The number of imidazole rings is 1. The highest BCUT2D eigenvalue weighted by molar-refractivity contribution is 5.73. The third-order valence-corrected chi connectivity index (χ3v) is 2.67. The average molecular weight is 270 g/mol. The van der Waals surface area contributed by atoms with Crippen molar-refractivity contribution in [1.82, 2.24) is 15.3 Å². The Hall–Kier alpha value is -1.93. The summed E-state index contributed by atoms with van der Waals surface area (Å²) in [4.78, 5) is 26.9. The number of nitrogens with one attached hydrogen (secondary N) is 2. The first-order valence-electron chi connectivity index (χ1n) is 5.92. The third kappa shape index (κ3) is 5.49. The molecular weight excluding hydrogens is 252 g/mol. The van der Waals surface area contributed by atoms with Gasteiger partial charge in [0.25, 0.3) is 0 Å². The highest BCUT2D eigenvalue weighted by atomic mass is 16.4. The van der Waals surface area contributed by atoms with Crippen molar-refractivity contribution in [3.8, 4) is 0 Å². The Labute approximate surface area is 110 Å². The van der Waals surface area contributed by atoms with E-state index in [0.717, 1.165) is 25.1 Å². The van der Waals surface area contributed by atoms with E-state index < -0.39 is 18.0 Å². The lowest BCUT2D eigenvalue weighted by molar-refractivity contribution is -0.139. The molecule has 0 spiro atoms. The van der Waals surface area contributed by atoms with Crippen LogP contribution >= 0.6 is 0 Å². The van der Waals surface area contributed by atoms with Crippen LogP contribution in [0.15, 0.2) is 12.5 Å². The van der Waals surface area contributed by atoms with Gasteiger partial charge in [-0.15, -0.1) is 0 Å². The van der Waals surface area contributed by atoms with Gasteiger partial charge in [-0.2, -0.15) is 0 Å². The number of carboxylic acids is 2. The summed E-state index contributed by atoms with van der Waals surface area (Å²) in [6.07, 6.45) is 5.12. The van der Waals surface area contributed by atoms with Crippen molar-refractivity contribution >= 4 is 11.9 Å². The van der Waals surface area contributed by atoms with Crippen LogP contribution < -0.4 is 11.1 Å². The van der Waals surface area contributed by atoms with Gasteiger partial charge in [-0.05, 0) is 19.4 Å². The molecule has 1 aliphatic heterocycles. The topological polar surface area (TPSA) is 141 Å². The molecule has 8 nitrogen and oxygen atoms in total. The summed E-state index contributed by atoms with van der Waals surface area (Å²) in [7, 11) is 0. The van der Waals surface area contributed by atoms with Crippen LogP contribution in [0, 0.1) is 0 Å². The first-order chi connectivity index (χ1) is 9.00. The fraction of sp³-hybridized carbons (Fsp3) is 0.545. The SMILES string of the molecule is N[C@H](Cc1cnc[nH]1)C(=O)O.O=C(O)[C@H]1CCCN1. The van der Waals surface area contributed by atoms with Gasteiger partial charge < -0.3 is 26.2 Å². The van der Waals surface area contributed by atoms with E-state index in [0.29, 0.717) is 0 Å². The Morgan fingerprint density at radius 3 is 2.63 bits per heavy atom. The van der Waals surface area contributed by atoms with Gasteiger partial charge in [0.15, 0.2) is 0 Å². The number of hydrogen-bond acceptors (Lipinski definition) is 5. The van der Waals surface area contributed by atoms with E-state index in [-0.39, 0.29) is 12.5 Å². The van der Waals surface area contributed by atoms with Crippen molar-refractivity contribution in [1.29, 1.82) is 0 Å². The number of nitrogens with two attached hydrogens (primary N) is 1. The van der Waals surface area contributed by atoms with E-state index in [2.05, 4.69) is 15.3 Å². The summed E-state index contributed by atoms with van der Waals surface area (Å²) >= 11 is 0. The molecule has 0 radical (unpaired) electrons. The van der Waals surface area contributed by atoms with E-state index in [9.17, 15) is 9.59 Å². The normalized spacial score (nSPS) is 19.3. The van der Waals surface area contributed by atoms with Gasteiger partial charge in [0.2, 0.25) is 0 Å². The van der Waals surface area contributed by atoms with Crippen LogP contribution in [0.2, 0.25) is 0 Å². The van der Waals surface area contributed by atoms with Crippen molar-refractivity contribution in [2.24, 2.45) is 5.73 Å². The minimum absolute atomic E-state index is 0.269. The molecule has 1 fully saturated rings. The Morgan fingerprint density at radius 1 is 1.53 bits per heavy atom. The van der Waals surface area contributed by atoms with Gasteiger partial charge in [0, 0.05) is 18.3 Å². The zero-order chi connectivity index (χ0) is 14.3. The number of hydrogen-bond donors (Lipinski definition) is 5. The summed E-state index contributed by atoms with van der Waals surface area (Å²) < 4.78 is 0. The van der Waals surface area contributed by atoms with E-state index in [4.69, 9.17) is 15.9 Å². The molecule has 1 saturated heterocycles. The molecule has 2 rings (SSSR count). The minimum atomic E-state index is -1.00. The number of carboxylic acid groups (broad SMARTS) is 2. The molecule has 2 atom stereocenters. The molecule has 106 valence electrons. The van der Waals surface area contributed by atoms with E-state index >= 15 is 0 Å². The molecular formula is C11H18N4O4. The lowest BCUT2D eigenvalue weighted by Crippen LogP contribution is -2.32. The van der Waals surface area contributed by atoms with E-state index in [1.807, 2.05) is 0 Å². The molecule has 0 aromatic carbocycles. The Balaban J connectivity index is 0.000000200. The third-order valence-electron chi connectivity index (χ3n) is 2.67. The van der Waals surface area contributed by atoms with Gasteiger partial charge in [-0.1, -0.05) is 0 Å². The Kier molecular flexibility index (Phi) is 5.97. The standard InChI is InChI=1S/C6H9N3O2.C5H9NO2/c7-5(6(10)11)1-4-2-8-3-9-4;7-5(8)4-2-1-3-6-4/h2-3,5H,1,7H2,(H,8,9)(H,10,11);4,6H,1-3H2,(H,7,8)/t5-;4-/m11/s1. The van der Waals surface area contributed by atoms with Crippen LogP contribution in [0.1, 0.15) is 18.5 Å². The summed E-state index contributed by atoms with van der Waals surface area (Å²) in [5, 5.41) is 19.6. The maximum atomic E-state index is 10.3. The second-order valence-electron chi connectivity index (χ2n) is 4.21. The Morgan fingerprint density at radius 2 is 2.26 bits per heavy atom. The first kappa shape index (κ1) is 15.1. The van der Waals surface area contributed by atoms with Gasteiger partial charge in [-0.3, -0.25) is 9.59 Å². The molecule has 1 aromatic heterocycles. The van der Waals surface area contributed by atoms with Crippen LogP contribution in [-0.4, -0.2) is 50.7 Å². The van der Waals surface area contributed by atoms with Crippen LogP contribution in [0.3, 0.4) is 0 Å². The summed E-state index contributed by atoms with van der Waals surface area (Å²) in [5.41, 5.74) is 6.00. The first-order valence-corrected chi connectivity index (χ1v) is 5.92. The summed E-state index contributed by atoms with van der Waals surface area (Å²) in [6, 6.07) is -1.12.